The van der Waals surface area contributed by atoms with Crippen LogP contribution in [-0.4, -0.2) is 0 Å². The number of rotatable bonds is 10. The smallest absolute Gasteiger partial charge is 0.162 e. The van der Waals surface area contributed by atoms with Crippen molar-refractivity contribution in [2.24, 2.45) is 47.3 Å². The highest BCUT2D eigenvalue weighted by Gasteiger charge is 2.25. The van der Waals surface area contributed by atoms with E-state index in [0.29, 0.717) is 35.8 Å². The van der Waals surface area contributed by atoms with Gasteiger partial charge in [0, 0.05) is 0 Å². The zero-order valence-electron chi connectivity index (χ0n) is 31.4. The van der Waals surface area contributed by atoms with Crippen LogP contribution in [0.5, 0.6) is 0 Å². The lowest BCUT2D eigenvalue weighted by atomic mass is 9.75. The SMILES string of the molecule is CC1CCC(CCc2ccc(CC3CCC(C)CC3)c(F)c2F)CC1.Cc1ccc(CC2CCC(CCC3CCC(C)CC3)CC2)cc1. The van der Waals surface area contributed by atoms with E-state index in [1.165, 1.54) is 115 Å². The van der Waals surface area contributed by atoms with Gasteiger partial charge in [-0.2, -0.15) is 0 Å². The Kier molecular flexibility index (Phi) is 14.9. The first-order valence-electron chi connectivity index (χ1n) is 20.7. The van der Waals surface area contributed by atoms with Crippen LogP contribution in [0, 0.1) is 65.9 Å². The molecule has 4 fully saturated rings. The first kappa shape index (κ1) is 37.6. The van der Waals surface area contributed by atoms with Crippen LogP contribution in [-0.2, 0) is 19.3 Å². The van der Waals surface area contributed by atoms with Crippen LogP contribution in [0.1, 0.15) is 165 Å². The van der Waals surface area contributed by atoms with Gasteiger partial charge in [0.1, 0.15) is 0 Å². The van der Waals surface area contributed by atoms with Crippen LogP contribution in [0.2, 0.25) is 0 Å². The van der Waals surface area contributed by atoms with Crippen molar-refractivity contribution in [1.82, 2.24) is 0 Å². The molecule has 0 aliphatic heterocycles. The van der Waals surface area contributed by atoms with Gasteiger partial charge in [-0.25, -0.2) is 8.78 Å². The second-order valence-corrected chi connectivity index (χ2v) is 17.8. The minimum atomic E-state index is -0.578. The van der Waals surface area contributed by atoms with Gasteiger partial charge in [-0.3, -0.25) is 0 Å². The summed E-state index contributed by atoms with van der Waals surface area (Å²) in [4.78, 5) is 0. The molecule has 0 amide bonds. The standard InChI is InChI=1S/C23H34F2.C23H36/c1-16-3-7-18(8-4-16)11-12-20-13-14-21(23(25)22(20)24)15-19-9-5-17(2)6-10-19;1-18-3-7-20(8-4-18)11-12-21-13-15-23(16-14-21)17-22-9-5-19(2)6-10-22/h13-14,16-19H,3-12,15H2,1-2H3;5-6,9-10,18,20-21,23H,3-4,7-8,11-17H2,1-2H3. The summed E-state index contributed by atoms with van der Waals surface area (Å²) >= 11 is 0. The predicted molar refractivity (Wildman–Crippen MR) is 201 cm³/mol. The van der Waals surface area contributed by atoms with Gasteiger partial charge in [-0.1, -0.05) is 153 Å². The van der Waals surface area contributed by atoms with Crippen molar-refractivity contribution in [2.75, 3.05) is 0 Å². The van der Waals surface area contributed by atoms with Crippen molar-refractivity contribution < 1.29 is 8.78 Å². The van der Waals surface area contributed by atoms with E-state index in [4.69, 9.17) is 0 Å². The number of aryl methyl sites for hydroxylation is 2. The largest absolute Gasteiger partial charge is 0.203 e. The second kappa shape index (κ2) is 19.1. The first-order valence-corrected chi connectivity index (χ1v) is 20.7. The number of halogens is 2. The van der Waals surface area contributed by atoms with Crippen LogP contribution in [0.3, 0.4) is 0 Å². The maximum atomic E-state index is 14.5. The minimum Gasteiger partial charge on any atom is -0.203 e. The topological polar surface area (TPSA) is 0 Å². The molecule has 4 aliphatic rings. The molecule has 0 atom stereocenters. The fourth-order valence-electron chi connectivity index (χ4n) is 9.67. The molecule has 0 saturated heterocycles. The number of hydrogen-bond donors (Lipinski definition) is 0. The molecule has 4 aliphatic carbocycles. The van der Waals surface area contributed by atoms with E-state index >= 15 is 0 Å². The Labute approximate surface area is 294 Å². The first-order chi connectivity index (χ1) is 23.2. The quantitative estimate of drug-likeness (QED) is 0.238. The molecule has 2 aromatic rings. The maximum absolute atomic E-state index is 14.5. The second-order valence-electron chi connectivity index (χ2n) is 17.8. The molecule has 0 bridgehead atoms. The third kappa shape index (κ3) is 12.0. The summed E-state index contributed by atoms with van der Waals surface area (Å²) in [5.41, 5.74) is 4.11. The van der Waals surface area contributed by atoms with Crippen LogP contribution in [0.4, 0.5) is 8.78 Å². The Morgan fingerprint density at radius 3 is 1.33 bits per heavy atom. The normalized spacial score (nSPS) is 31.1. The summed E-state index contributed by atoms with van der Waals surface area (Å²) in [5.74, 6) is 5.77. The molecule has 0 radical (unpaired) electrons. The highest BCUT2D eigenvalue weighted by Crippen LogP contribution is 2.38. The molecule has 0 nitrogen and oxygen atoms in total. The molecule has 0 heterocycles. The Morgan fingerprint density at radius 1 is 0.438 bits per heavy atom. The van der Waals surface area contributed by atoms with E-state index in [1.807, 2.05) is 12.1 Å². The van der Waals surface area contributed by atoms with E-state index < -0.39 is 11.6 Å². The molecule has 2 aromatic carbocycles. The van der Waals surface area contributed by atoms with E-state index in [-0.39, 0.29) is 0 Å². The molecule has 2 heteroatoms. The predicted octanol–water partition coefficient (Wildman–Crippen LogP) is 14.0. The number of hydrogen-bond acceptors (Lipinski definition) is 0. The summed E-state index contributed by atoms with van der Waals surface area (Å²) in [5, 5.41) is 0. The summed E-state index contributed by atoms with van der Waals surface area (Å²) in [6.45, 7) is 9.22. The molecule has 268 valence electrons. The minimum absolute atomic E-state index is 0.528. The third-order valence-corrected chi connectivity index (χ3v) is 13.6. The van der Waals surface area contributed by atoms with Gasteiger partial charge in [0.25, 0.3) is 0 Å². The van der Waals surface area contributed by atoms with Crippen LogP contribution < -0.4 is 0 Å². The summed E-state index contributed by atoms with van der Waals surface area (Å²) < 4.78 is 29.1. The Balaban J connectivity index is 0.000000188. The van der Waals surface area contributed by atoms with Crippen molar-refractivity contribution in [2.45, 2.75) is 169 Å². The fourth-order valence-corrected chi connectivity index (χ4v) is 9.67. The summed E-state index contributed by atoms with van der Waals surface area (Å²) in [7, 11) is 0. The zero-order valence-corrected chi connectivity index (χ0v) is 31.4. The van der Waals surface area contributed by atoms with Gasteiger partial charge in [0.2, 0.25) is 0 Å². The molecular weight excluding hydrogens is 591 g/mol. The van der Waals surface area contributed by atoms with Crippen molar-refractivity contribution >= 4 is 0 Å². The molecule has 4 saturated carbocycles. The van der Waals surface area contributed by atoms with Crippen molar-refractivity contribution in [3.8, 4) is 0 Å². The van der Waals surface area contributed by atoms with Gasteiger partial charge >= 0.3 is 0 Å². The van der Waals surface area contributed by atoms with Crippen molar-refractivity contribution in [3.63, 3.8) is 0 Å². The lowest BCUT2D eigenvalue weighted by molar-refractivity contribution is 0.221. The molecule has 0 spiro atoms. The lowest BCUT2D eigenvalue weighted by Gasteiger charge is -2.31. The third-order valence-electron chi connectivity index (χ3n) is 13.6. The maximum Gasteiger partial charge on any atom is 0.162 e. The summed E-state index contributed by atoms with van der Waals surface area (Å²) in [6.07, 6.45) is 28.6. The highest BCUT2D eigenvalue weighted by atomic mass is 19.2. The van der Waals surface area contributed by atoms with E-state index in [9.17, 15) is 8.78 Å². The van der Waals surface area contributed by atoms with Gasteiger partial charge in [-0.05, 0) is 122 Å². The molecule has 48 heavy (non-hydrogen) atoms. The van der Waals surface area contributed by atoms with E-state index in [1.54, 1.807) is 5.56 Å². The monoisotopic (exact) mass is 661 g/mol. The molecular formula is C46H70F2. The molecule has 0 N–H and O–H groups in total. The Morgan fingerprint density at radius 2 is 0.812 bits per heavy atom. The van der Waals surface area contributed by atoms with E-state index in [2.05, 4.69) is 52.0 Å². The van der Waals surface area contributed by atoms with E-state index in [0.717, 1.165) is 54.8 Å². The molecule has 0 unspecified atom stereocenters. The van der Waals surface area contributed by atoms with Crippen molar-refractivity contribution in [1.29, 1.82) is 0 Å². The Hall–Kier alpha value is -1.70. The average Bonchev–Trinajstić information content (AvgIpc) is 3.10. The fraction of sp³-hybridized carbons (Fsp3) is 0.739. The molecule has 0 aromatic heterocycles. The zero-order chi connectivity index (χ0) is 33.9. The highest BCUT2D eigenvalue weighted by molar-refractivity contribution is 5.27. The van der Waals surface area contributed by atoms with Gasteiger partial charge in [-0.15, -0.1) is 0 Å². The van der Waals surface area contributed by atoms with Crippen molar-refractivity contribution in [3.05, 3.63) is 70.3 Å². The Bertz CT molecular complexity index is 1180. The van der Waals surface area contributed by atoms with Crippen LogP contribution in [0.15, 0.2) is 36.4 Å². The van der Waals surface area contributed by atoms with Gasteiger partial charge in [0.05, 0.1) is 0 Å². The summed E-state index contributed by atoms with van der Waals surface area (Å²) in [6, 6.07) is 12.9. The molecule has 6 rings (SSSR count). The van der Waals surface area contributed by atoms with Crippen LogP contribution >= 0.6 is 0 Å². The van der Waals surface area contributed by atoms with Crippen LogP contribution in [0.25, 0.3) is 0 Å². The number of benzene rings is 2. The van der Waals surface area contributed by atoms with Gasteiger partial charge in [0.15, 0.2) is 11.6 Å². The lowest BCUT2D eigenvalue weighted by Crippen LogP contribution is -2.18. The average molecular weight is 661 g/mol. The van der Waals surface area contributed by atoms with Gasteiger partial charge < -0.3 is 0 Å².